The fourth-order valence-corrected chi connectivity index (χ4v) is 2.82. The Balaban J connectivity index is 1.86. The second-order valence-electron chi connectivity index (χ2n) is 6.00. The highest BCUT2D eigenvalue weighted by molar-refractivity contribution is 5.82. The van der Waals surface area contributed by atoms with Gasteiger partial charge in [0.15, 0.2) is 0 Å². The number of hydrogen-bond acceptors (Lipinski definition) is 3. The van der Waals surface area contributed by atoms with E-state index in [0.717, 1.165) is 0 Å². The number of nitrogens with zero attached hydrogens (tertiary/aromatic N) is 1. The van der Waals surface area contributed by atoms with Gasteiger partial charge in [0, 0.05) is 5.92 Å². The van der Waals surface area contributed by atoms with Crippen LogP contribution in [-0.4, -0.2) is 45.7 Å². The van der Waals surface area contributed by atoms with E-state index in [1.54, 1.807) is 4.90 Å². The van der Waals surface area contributed by atoms with Gasteiger partial charge in [-0.05, 0) is 25.2 Å². The third kappa shape index (κ3) is 2.23. The molecule has 5 heteroatoms. The maximum Gasteiger partial charge on any atom is 0.306 e. The highest BCUT2D eigenvalue weighted by atomic mass is 16.4. The van der Waals surface area contributed by atoms with Gasteiger partial charge >= 0.3 is 5.97 Å². The minimum atomic E-state index is -0.799. The second kappa shape index (κ2) is 4.53. The summed E-state index contributed by atoms with van der Waals surface area (Å²) in [5.74, 6) is -1.18. The summed E-state index contributed by atoms with van der Waals surface area (Å²) in [7, 11) is 0. The fourth-order valence-electron chi connectivity index (χ4n) is 2.82. The van der Waals surface area contributed by atoms with Gasteiger partial charge in [0.05, 0.1) is 19.0 Å². The van der Waals surface area contributed by atoms with Crippen LogP contribution in [0.5, 0.6) is 0 Å². The molecule has 18 heavy (non-hydrogen) atoms. The monoisotopic (exact) mass is 255 g/mol. The second-order valence-corrected chi connectivity index (χ2v) is 6.00. The first-order chi connectivity index (χ1) is 8.33. The SMILES string of the molecule is CC(C)C1(O)CN(C(=O)[C@@H]2CC[C@H](C(=O)O)C2)C1. The van der Waals surface area contributed by atoms with Crippen LogP contribution in [0.4, 0.5) is 0 Å². The molecule has 5 nitrogen and oxygen atoms in total. The number of rotatable bonds is 3. The average molecular weight is 255 g/mol. The van der Waals surface area contributed by atoms with E-state index in [-0.39, 0.29) is 23.7 Å². The Hall–Kier alpha value is -1.10. The van der Waals surface area contributed by atoms with Crippen molar-refractivity contribution in [3.63, 3.8) is 0 Å². The van der Waals surface area contributed by atoms with Gasteiger partial charge in [0.2, 0.25) is 5.91 Å². The summed E-state index contributed by atoms with van der Waals surface area (Å²) in [6.07, 6.45) is 1.70. The van der Waals surface area contributed by atoms with Crippen molar-refractivity contribution in [2.45, 2.75) is 38.7 Å². The van der Waals surface area contributed by atoms with Crippen LogP contribution in [0, 0.1) is 17.8 Å². The van der Waals surface area contributed by atoms with E-state index in [1.807, 2.05) is 13.8 Å². The van der Waals surface area contributed by atoms with E-state index in [1.165, 1.54) is 0 Å². The minimum absolute atomic E-state index is 0.0177. The first-order valence-electron chi connectivity index (χ1n) is 6.57. The summed E-state index contributed by atoms with van der Waals surface area (Å²) in [5, 5.41) is 19.0. The van der Waals surface area contributed by atoms with Crippen LogP contribution in [0.25, 0.3) is 0 Å². The lowest BCUT2D eigenvalue weighted by Crippen LogP contribution is -2.66. The van der Waals surface area contributed by atoms with E-state index < -0.39 is 11.6 Å². The Labute approximate surface area is 107 Å². The largest absolute Gasteiger partial charge is 0.481 e. The van der Waals surface area contributed by atoms with Gasteiger partial charge in [-0.15, -0.1) is 0 Å². The number of aliphatic carboxylic acids is 1. The standard InChI is InChI=1S/C13H21NO4/c1-8(2)13(18)6-14(7-13)11(15)9-3-4-10(5-9)12(16)17/h8-10,18H,3-7H2,1-2H3,(H,16,17)/t9-,10+/m1/s1. The Kier molecular flexibility index (Phi) is 3.36. The number of amides is 1. The van der Waals surface area contributed by atoms with E-state index in [4.69, 9.17) is 5.11 Å². The molecule has 0 unspecified atom stereocenters. The summed E-state index contributed by atoms with van der Waals surface area (Å²) in [5.41, 5.74) is -0.750. The molecule has 2 aliphatic rings. The summed E-state index contributed by atoms with van der Waals surface area (Å²) >= 11 is 0. The number of hydrogen-bond donors (Lipinski definition) is 2. The molecule has 2 rings (SSSR count). The number of carboxylic acid groups (broad SMARTS) is 1. The van der Waals surface area contributed by atoms with Crippen LogP contribution in [0.3, 0.4) is 0 Å². The van der Waals surface area contributed by atoms with Crippen LogP contribution >= 0.6 is 0 Å². The van der Waals surface area contributed by atoms with Crippen molar-refractivity contribution in [3.8, 4) is 0 Å². The van der Waals surface area contributed by atoms with Crippen molar-refractivity contribution >= 4 is 11.9 Å². The lowest BCUT2D eigenvalue weighted by Gasteiger charge is -2.49. The number of carbonyl (C=O) groups excluding carboxylic acids is 1. The lowest BCUT2D eigenvalue weighted by molar-refractivity contribution is -0.167. The topological polar surface area (TPSA) is 77.8 Å². The van der Waals surface area contributed by atoms with Crippen LogP contribution in [0.1, 0.15) is 33.1 Å². The first-order valence-corrected chi connectivity index (χ1v) is 6.57. The van der Waals surface area contributed by atoms with E-state index >= 15 is 0 Å². The van der Waals surface area contributed by atoms with Gasteiger partial charge in [-0.2, -0.15) is 0 Å². The molecule has 0 radical (unpaired) electrons. The third-order valence-electron chi connectivity index (χ3n) is 4.45. The Bertz CT molecular complexity index is 360. The molecule has 1 aliphatic carbocycles. The lowest BCUT2D eigenvalue weighted by atomic mass is 9.82. The van der Waals surface area contributed by atoms with Gasteiger partial charge in [-0.25, -0.2) is 0 Å². The normalized spacial score (nSPS) is 30.3. The number of carbonyl (C=O) groups is 2. The van der Waals surface area contributed by atoms with Crippen LogP contribution < -0.4 is 0 Å². The molecular weight excluding hydrogens is 234 g/mol. The van der Waals surface area contributed by atoms with E-state index in [0.29, 0.717) is 32.4 Å². The molecule has 2 fully saturated rings. The van der Waals surface area contributed by atoms with Crippen molar-refractivity contribution in [1.82, 2.24) is 4.90 Å². The average Bonchev–Trinajstić information content (AvgIpc) is 2.72. The zero-order valence-electron chi connectivity index (χ0n) is 10.9. The van der Waals surface area contributed by atoms with Crippen molar-refractivity contribution in [2.24, 2.45) is 17.8 Å². The molecule has 0 aromatic rings. The maximum atomic E-state index is 12.1. The zero-order chi connectivity index (χ0) is 13.5. The molecule has 1 saturated carbocycles. The number of aliphatic hydroxyl groups is 1. The minimum Gasteiger partial charge on any atom is -0.481 e. The number of likely N-dealkylation sites (tertiary alicyclic amines) is 1. The van der Waals surface area contributed by atoms with Gasteiger partial charge in [-0.3, -0.25) is 9.59 Å². The molecule has 0 aromatic heterocycles. The fraction of sp³-hybridized carbons (Fsp3) is 0.846. The highest BCUT2D eigenvalue weighted by Gasteiger charge is 2.48. The summed E-state index contributed by atoms with van der Waals surface area (Å²) in [6, 6.07) is 0. The van der Waals surface area contributed by atoms with Crippen molar-refractivity contribution in [3.05, 3.63) is 0 Å². The van der Waals surface area contributed by atoms with Gasteiger partial charge in [-0.1, -0.05) is 13.8 Å². The summed E-state index contributed by atoms with van der Waals surface area (Å²) < 4.78 is 0. The molecule has 0 spiro atoms. The third-order valence-corrected chi connectivity index (χ3v) is 4.45. The van der Waals surface area contributed by atoms with Gasteiger partial charge in [0.1, 0.15) is 5.60 Å². The molecule has 2 atom stereocenters. The molecule has 1 heterocycles. The molecule has 1 saturated heterocycles. The summed E-state index contributed by atoms with van der Waals surface area (Å²) in [4.78, 5) is 24.6. The Morgan fingerprint density at radius 2 is 1.78 bits per heavy atom. The van der Waals surface area contributed by atoms with E-state index in [9.17, 15) is 14.7 Å². The molecule has 1 amide bonds. The van der Waals surface area contributed by atoms with E-state index in [2.05, 4.69) is 0 Å². The molecule has 2 N–H and O–H groups in total. The molecule has 102 valence electrons. The smallest absolute Gasteiger partial charge is 0.306 e. The summed E-state index contributed by atoms with van der Waals surface area (Å²) in [6.45, 7) is 4.66. The van der Waals surface area contributed by atoms with Crippen molar-refractivity contribution in [2.75, 3.05) is 13.1 Å². The molecular formula is C13H21NO4. The number of β-amino-alcohol motifs (C(OH)–C–C–N with tert-alkyl or cyclic N) is 1. The molecule has 1 aliphatic heterocycles. The van der Waals surface area contributed by atoms with Crippen LogP contribution in [0.15, 0.2) is 0 Å². The van der Waals surface area contributed by atoms with Crippen LogP contribution in [-0.2, 0) is 9.59 Å². The van der Waals surface area contributed by atoms with Crippen molar-refractivity contribution in [1.29, 1.82) is 0 Å². The van der Waals surface area contributed by atoms with Crippen LogP contribution in [0.2, 0.25) is 0 Å². The van der Waals surface area contributed by atoms with Gasteiger partial charge in [0.25, 0.3) is 0 Å². The maximum absolute atomic E-state index is 12.1. The quantitative estimate of drug-likeness (QED) is 0.779. The molecule has 0 aromatic carbocycles. The highest BCUT2D eigenvalue weighted by Crippen LogP contribution is 2.36. The van der Waals surface area contributed by atoms with Gasteiger partial charge < -0.3 is 15.1 Å². The number of carboxylic acids is 1. The molecule has 0 bridgehead atoms. The predicted octanol–water partition coefficient (Wildman–Crippen LogP) is 0.717. The van der Waals surface area contributed by atoms with Crippen molar-refractivity contribution < 1.29 is 19.8 Å². The predicted molar refractivity (Wildman–Crippen MR) is 64.8 cm³/mol. The Morgan fingerprint density at radius 1 is 1.22 bits per heavy atom. The zero-order valence-corrected chi connectivity index (χ0v) is 10.9. The Morgan fingerprint density at radius 3 is 2.22 bits per heavy atom. The first kappa shape index (κ1) is 13.3.